The number of amides is 2. The third-order valence-corrected chi connectivity index (χ3v) is 2.17. The van der Waals surface area contributed by atoms with Gasteiger partial charge >= 0.3 is 0 Å². The van der Waals surface area contributed by atoms with Gasteiger partial charge in [-0.1, -0.05) is 13.3 Å². The predicted molar refractivity (Wildman–Crippen MR) is 58.9 cm³/mol. The Morgan fingerprint density at radius 2 is 2.00 bits per heavy atom. The maximum Gasteiger partial charge on any atom is 0.239 e. The topological polar surface area (TPSA) is 98.2 Å². The Balaban J connectivity index is 3.78. The summed E-state index contributed by atoms with van der Waals surface area (Å²) in [7, 11) is 0. The van der Waals surface area contributed by atoms with Gasteiger partial charge < -0.3 is 16.8 Å². The van der Waals surface area contributed by atoms with Crippen molar-refractivity contribution in [1.29, 1.82) is 0 Å². The van der Waals surface area contributed by atoms with Crippen molar-refractivity contribution < 1.29 is 9.59 Å². The van der Waals surface area contributed by atoms with Crippen molar-refractivity contribution in [2.24, 2.45) is 11.5 Å². The molecule has 0 aromatic carbocycles. The highest BCUT2D eigenvalue weighted by Gasteiger charge is 2.26. The molecule has 0 heterocycles. The molecular weight excluding hydrogens is 194 g/mol. The smallest absolute Gasteiger partial charge is 0.239 e. The molecule has 2 amide bonds. The fourth-order valence-corrected chi connectivity index (χ4v) is 1.30. The number of nitrogens with one attached hydrogen (secondary N) is 1. The van der Waals surface area contributed by atoms with Crippen molar-refractivity contribution in [2.75, 3.05) is 6.54 Å². The Hall–Kier alpha value is -1.10. The van der Waals surface area contributed by atoms with E-state index in [1.807, 2.05) is 6.92 Å². The van der Waals surface area contributed by atoms with Gasteiger partial charge in [0.1, 0.15) is 0 Å². The first kappa shape index (κ1) is 13.9. The standard InChI is InChI=1S/C10H21N3O2/c1-3-6-10(2,12)9(15)13-7-4-5-8(11)14/h3-7,12H2,1-2H3,(H2,11,14)(H,13,15). The van der Waals surface area contributed by atoms with Crippen LogP contribution in [0.3, 0.4) is 0 Å². The lowest BCUT2D eigenvalue weighted by Gasteiger charge is -2.22. The first-order chi connectivity index (χ1) is 6.90. The second kappa shape index (κ2) is 6.40. The van der Waals surface area contributed by atoms with E-state index in [-0.39, 0.29) is 18.2 Å². The van der Waals surface area contributed by atoms with Gasteiger partial charge in [-0.3, -0.25) is 9.59 Å². The molecule has 0 bridgehead atoms. The van der Waals surface area contributed by atoms with Crippen LogP contribution >= 0.6 is 0 Å². The van der Waals surface area contributed by atoms with Crippen LogP contribution in [0.25, 0.3) is 0 Å². The van der Waals surface area contributed by atoms with Crippen molar-refractivity contribution in [3.05, 3.63) is 0 Å². The quantitative estimate of drug-likeness (QED) is 0.516. The van der Waals surface area contributed by atoms with Crippen LogP contribution in [0.5, 0.6) is 0 Å². The van der Waals surface area contributed by atoms with Crippen LogP contribution in [0, 0.1) is 0 Å². The fourth-order valence-electron chi connectivity index (χ4n) is 1.30. The molecule has 0 aliphatic carbocycles. The number of carbonyl (C=O) groups is 2. The number of primary amides is 1. The van der Waals surface area contributed by atoms with Gasteiger partial charge in [-0.05, 0) is 19.8 Å². The minimum atomic E-state index is -0.818. The van der Waals surface area contributed by atoms with E-state index in [0.717, 1.165) is 6.42 Å². The molecule has 88 valence electrons. The van der Waals surface area contributed by atoms with Gasteiger partial charge in [-0.2, -0.15) is 0 Å². The van der Waals surface area contributed by atoms with Gasteiger partial charge in [0.25, 0.3) is 0 Å². The summed E-state index contributed by atoms with van der Waals surface area (Å²) in [6.45, 7) is 4.13. The van der Waals surface area contributed by atoms with Crippen LogP contribution in [-0.4, -0.2) is 23.9 Å². The molecule has 0 aromatic rings. The third-order valence-electron chi connectivity index (χ3n) is 2.17. The van der Waals surface area contributed by atoms with Gasteiger partial charge in [0, 0.05) is 13.0 Å². The summed E-state index contributed by atoms with van der Waals surface area (Å²) in [5, 5.41) is 2.69. The molecule has 5 N–H and O–H groups in total. The Bertz CT molecular complexity index is 227. The van der Waals surface area contributed by atoms with Gasteiger partial charge in [0.15, 0.2) is 0 Å². The van der Waals surface area contributed by atoms with Crippen molar-refractivity contribution in [3.63, 3.8) is 0 Å². The van der Waals surface area contributed by atoms with Crippen LogP contribution in [0.1, 0.15) is 39.5 Å². The molecule has 5 heteroatoms. The summed E-state index contributed by atoms with van der Waals surface area (Å²) in [5.74, 6) is -0.526. The molecule has 15 heavy (non-hydrogen) atoms. The highest BCUT2D eigenvalue weighted by atomic mass is 16.2. The van der Waals surface area contributed by atoms with E-state index in [4.69, 9.17) is 11.5 Å². The Kier molecular flexibility index (Phi) is 5.93. The zero-order chi connectivity index (χ0) is 11.9. The summed E-state index contributed by atoms with van der Waals surface area (Å²) in [6.07, 6.45) is 2.36. The van der Waals surface area contributed by atoms with E-state index in [1.54, 1.807) is 6.92 Å². The summed E-state index contributed by atoms with van der Waals surface area (Å²) >= 11 is 0. The van der Waals surface area contributed by atoms with E-state index in [9.17, 15) is 9.59 Å². The minimum Gasteiger partial charge on any atom is -0.370 e. The number of hydrogen-bond acceptors (Lipinski definition) is 3. The second-order valence-electron chi connectivity index (χ2n) is 3.99. The molecule has 0 aliphatic rings. The average Bonchev–Trinajstić information content (AvgIpc) is 2.11. The zero-order valence-electron chi connectivity index (χ0n) is 9.51. The highest BCUT2D eigenvalue weighted by Crippen LogP contribution is 2.08. The van der Waals surface area contributed by atoms with E-state index >= 15 is 0 Å². The van der Waals surface area contributed by atoms with Gasteiger partial charge in [-0.25, -0.2) is 0 Å². The van der Waals surface area contributed by atoms with Crippen LogP contribution in [-0.2, 0) is 9.59 Å². The number of nitrogens with two attached hydrogens (primary N) is 2. The molecule has 0 saturated heterocycles. The lowest BCUT2D eigenvalue weighted by atomic mass is 9.96. The summed E-state index contributed by atoms with van der Waals surface area (Å²) in [5.41, 5.74) is 9.96. The number of hydrogen-bond donors (Lipinski definition) is 3. The molecule has 0 spiro atoms. The summed E-state index contributed by atoms with van der Waals surface area (Å²) in [6, 6.07) is 0. The monoisotopic (exact) mass is 215 g/mol. The van der Waals surface area contributed by atoms with Gasteiger partial charge in [0.2, 0.25) is 11.8 Å². The zero-order valence-corrected chi connectivity index (χ0v) is 9.51. The van der Waals surface area contributed by atoms with Crippen LogP contribution < -0.4 is 16.8 Å². The fraction of sp³-hybridized carbons (Fsp3) is 0.800. The lowest BCUT2D eigenvalue weighted by Crippen LogP contribution is -2.51. The predicted octanol–water partition coefficient (Wildman–Crippen LogP) is -0.114. The molecule has 1 atom stereocenters. The summed E-state index contributed by atoms with van der Waals surface area (Å²) < 4.78 is 0. The molecule has 0 fully saturated rings. The average molecular weight is 215 g/mol. The van der Waals surface area contributed by atoms with Crippen molar-refractivity contribution >= 4 is 11.8 Å². The van der Waals surface area contributed by atoms with Crippen LogP contribution in [0.2, 0.25) is 0 Å². The van der Waals surface area contributed by atoms with Gasteiger partial charge in [0.05, 0.1) is 5.54 Å². The van der Waals surface area contributed by atoms with E-state index in [0.29, 0.717) is 19.4 Å². The Morgan fingerprint density at radius 1 is 1.40 bits per heavy atom. The number of carbonyl (C=O) groups excluding carboxylic acids is 2. The summed E-state index contributed by atoms with van der Waals surface area (Å²) in [4.78, 5) is 22.0. The van der Waals surface area contributed by atoms with Crippen molar-refractivity contribution in [2.45, 2.75) is 45.1 Å². The molecule has 0 aromatic heterocycles. The normalized spacial score (nSPS) is 14.3. The van der Waals surface area contributed by atoms with Crippen molar-refractivity contribution in [1.82, 2.24) is 5.32 Å². The second-order valence-corrected chi connectivity index (χ2v) is 3.99. The maximum absolute atomic E-state index is 11.5. The Labute approximate surface area is 90.6 Å². The molecule has 5 nitrogen and oxygen atoms in total. The minimum absolute atomic E-state index is 0.172. The molecular formula is C10H21N3O2. The molecule has 0 aliphatic heterocycles. The lowest BCUT2D eigenvalue weighted by molar-refractivity contribution is -0.126. The SMILES string of the molecule is CCCC(C)(N)C(=O)NCCCC(N)=O. The Morgan fingerprint density at radius 3 is 2.47 bits per heavy atom. The largest absolute Gasteiger partial charge is 0.370 e. The van der Waals surface area contributed by atoms with E-state index in [1.165, 1.54) is 0 Å². The van der Waals surface area contributed by atoms with Crippen molar-refractivity contribution in [3.8, 4) is 0 Å². The molecule has 0 rings (SSSR count). The molecule has 1 unspecified atom stereocenters. The number of rotatable bonds is 7. The van der Waals surface area contributed by atoms with Gasteiger partial charge in [-0.15, -0.1) is 0 Å². The van der Waals surface area contributed by atoms with Crippen LogP contribution in [0.4, 0.5) is 0 Å². The van der Waals surface area contributed by atoms with E-state index in [2.05, 4.69) is 5.32 Å². The third kappa shape index (κ3) is 6.06. The van der Waals surface area contributed by atoms with Crippen LogP contribution in [0.15, 0.2) is 0 Å². The first-order valence-electron chi connectivity index (χ1n) is 5.25. The highest BCUT2D eigenvalue weighted by molar-refractivity contribution is 5.85. The first-order valence-corrected chi connectivity index (χ1v) is 5.25. The van der Waals surface area contributed by atoms with E-state index < -0.39 is 5.54 Å². The molecule has 0 saturated carbocycles. The maximum atomic E-state index is 11.5. The molecule has 0 radical (unpaired) electrons.